The molecule has 0 atom stereocenters. The van der Waals surface area contributed by atoms with Crippen LogP contribution in [0.1, 0.15) is 120 Å². The lowest BCUT2D eigenvalue weighted by Crippen LogP contribution is -2.27. The number of benzene rings is 1. The van der Waals surface area contributed by atoms with E-state index in [0.717, 1.165) is 13.0 Å². The first-order valence-corrected chi connectivity index (χ1v) is 12.0. The van der Waals surface area contributed by atoms with Crippen LogP contribution in [0.2, 0.25) is 0 Å². The summed E-state index contributed by atoms with van der Waals surface area (Å²) in [7, 11) is 1.90. The second-order valence-electron chi connectivity index (χ2n) is 8.31. The quantitative estimate of drug-likeness (QED) is 0.235. The van der Waals surface area contributed by atoms with Gasteiger partial charge in [0, 0.05) is 19.2 Å². The van der Waals surface area contributed by atoms with E-state index in [0.29, 0.717) is 5.56 Å². The highest BCUT2D eigenvalue weighted by Gasteiger charge is 2.10. The van der Waals surface area contributed by atoms with Gasteiger partial charge in [-0.3, -0.25) is 4.79 Å². The molecule has 1 rings (SSSR count). The van der Waals surface area contributed by atoms with Crippen LogP contribution in [0.15, 0.2) is 24.3 Å². The first kappa shape index (κ1) is 24.7. The fourth-order valence-electron chi connectivity index (χ4n) is 3.73. The fraction of sp³-hybridized carbons (Fsp3) is 0.731. The number of carbonyl (C=O) groups excluding carboxylic acids is 1. The van der Waals surface area contributed by atoms with Crippen molar-refractivity contribution in [2.75, 3.05) is 13.6 Å². The standard InChI is InChI=1S/C26H44NO/c1-3-4-5-6-7-8-9-10-11-12-13-14-15-16-17-21-24-27(2)26(28)25-22-19-18-20-23-25/h18-20,22H,3-17,21,24H2,1-2H3. The Morgan fingerprint density at radius 1 is 0.750 bits per heavy atom. The molecule has 0 bridgehead atoms. The summed E-state index contributed by atoms with van der Waals surface area (Å²) in [6.07, 6.45) is 22.0. The molecule has 1 aromatic rings. The Balaban J connectivity index is 1.82. The van der Waals surface area contributed by atoms with Gasteiger partial charge in [-0.25, -0.2) is 0 Å². The van der Waals surface area contributed by atoms with E-state index < -0.39 is 0 Å². The summed E-state index contributed by atoms with van der Waals surface area (Å²) in [6, 6.07) is 10.4. The second-order valence-corrected chi connectivity index (χ2v) is 8.31. The Morgan fingerprint density at radius 3 is 1.64 bits per heavy atom. The minimum Gasteiger partial charge on any atom is -0.342 e. The normalized spacial score (nSPS) is 10.9. The van der Waals surface area contributed by atoms with Crippen molar-refractivity contribution < 1.29 is 4.79 Å². The summed E-state index contributed by atoms with van der Waals surface area (Å²) in [6.45, 7) is 3.13. The highest BCUT2D eigenvalue weighted by Crippen LogP contribution is 2.14. The molecule has 0 aliphatic rings. The zero-order valence-corrected chi connectivity index (χ0v) is 18.7. The van der Waals surface area contributed by atoms with Crippen molar-refractivity contribution >= 4 is 5.91 Å². The van der Waals surface area contributed by atoms with E-state index in [2.05, 4.69) is 13.0 Å². The summed E-state index contributed by atoms with van der Waals surface area (Å²) in [5.74, 6) is 0.0848. The highest BCUT2D eigenvalue weighted by atomic mass is 16.2. The van der Waals surface area contributed by atoms with Gasteiger partial charge in [-0.2, -0.15) is 0 Å². The molecule has 0 fully saturated rings. The topological polar surface area (TPSA) is 20.3 Å². The predicted molar refractivity (Wildman–Crippen MR) is 122 cm³/mol. The summed E-state index contributed by atoms with van der Waals surface area (Å²) in [4.78, 5) is 14.1. The Labute approximate surface area is 175 Å². The maximum absolute atomic E-state index is 12.2. The lowest BCUT2D eigenvalue weighted by atomic mass is 10.0. The number of carbonyl (C=O) groups is 1. The third-order valence-corrected chi connectivity index (χ3v) is 5.63. The molecule has 0 unspecified atom stereocenters. The molecular formula is C26H44NO. The third-order valence-electron chi connectivity index (χ3n) is 5.63. The summed E-state index contributed by atoms with van der Waals surface area (Å²) in [5.41, 5.74) is 0.668. The van der Waals surface area contributed by atoms with Crippen LogP contribution in [0.3, 0.4) is 0 Å². The second kappa shape index (κ2) is 17.8. The Kier molecular flexibility index (Phi) is 15.7. The molecule has 0 aliphatic carbocycles. The van der Waals surface area contributed by atoms with Crippen LogP contribution >= 0.6 is 0 Å². The smallest absolute Gasteiger partial charge is 0.254 e. The van der Waals surface area contributed by atoms with Crippen molar-refractivity contribution in [2.24, 2.45) is 0 Å². The number of nitrogens with zero attached hydrogens (tertiary/aromatic N) is 1. The molecule has 0 N–H and O–H groups in total. The summed E-state index contributed by atoms with van der Waals surface area (Å²) >= 11 is 0. The van der Waals surface area contributed by atoms with Crippen molar-refractivity contribution in [3.63, 3.8) is 0 Å². The SMILES string of the molecule is CCCCCCCCCCCCCCCCCCN(C)C(=O)c1[c]cccc1. The molecule has 2 heteroatoms. The number of rotatable bonds is 18. The Morgan fingerprint density at radius 2 is 1.21 bits per heavy atom. The Hall–Kier alpha value is -1.31. The predicted octanol–water partition coefficient (Wildman–Crippen LogP) is 7.82. The number of amides is 1. The van der Waals surface area contributed by atoms with Crippen LogP contribution in [0, 0.1) is 6.07 Å². The van der Waals surface area contributed by atoms with Gasteiger partial charge in [0.1, 0.15) is 0 Å². The zero-order chi connectivity index (χ0) is 20.3. The molecule has 1 radical (unpaired) electrons. The molecule has 28 heavy (non-hydrogen) atoms. The van der Waals surface area contributed by atoms with E-state index in [1.54, 1.807) is 6.07 Å². The molecule has 0 saturated carbocycles. The molecule has 0 spiro atoms. The van der Waals surface area contributed by atoms with E-state index in [9.17, 15) is 4.79 Å². The van der Waals surface area contributed by atoms with Gasteiger partial charge in [0.2, 0.25) is 0 Å². The summed E-state index contributed by atoms with van der Waals surface area (Å²) in [5, 5.41) is 0. The van der Waals surface area contributed by atoms with Crippen LogP contribution in [0.4, 0.5) is 0 Å². The Bertz CT molecular complexity index is 471. The average molecular weight is 387 g/mol. The zero-order valence-electron chi connectivity index (χ0n) is 18.7. The lowest BCUT2D eigenvalue weighted by molar-refractivity contribution is 0.0792. The minimum atomic E-state index is 0.0848. The third kappa shape index (κ3) is 13.0. The van der Waals surface area contributed by atoms with Crippen LogP contribution in [-0.2, 0) is 0 Å². The van der Waals surface area contributed by atoms with Crippen molar-refractivity contribution in [2.45, 2.75) is 110 Å². The maximum Gasteiger partial charge on any atom is 0.254 e. The van der Waals surface area contributed by atoms with Gasteiger partial charge in [-0.05, 0) is 18.6 Å². The van der Waals surface area contributed by atoms with Gasteiger partial charge in [-0.15, -0.1) is 0 Å². The van der Waals surface area contributed by atoms with Gasteiger partial charge in [0.15, 0.2) is 0 Å². The van der Waals surface area contributed by atoms with Gasteiger partial charge in [0.25, 0.3) is 5.91 Å². The van der Waals surface area contributed by atoms with Crippen molar-refractivity contribution in [1.82, 2.24) is 4.90 Å². The first-order valence-electron chi connectivity index (χ1n) is 12.0. The molecule has 0 aliphatic heterocycles. The average Bonchev–Trinajstić information content (AvgIpc) is 2.73. The van der Waals surface area contributed by atoms with E-state index in [1.165, 1.54) is 96.3 Å². The van der Waals surface area contributed by atoms with E-state index in [-0.39, 0.29) is 5.91 Å². The van der Waals surface area contributed by atoms with Crippen molar-refractivity contribution in [3.8, 4) is 0 Å². The van der Waals surface area contributed by atoms with Crippen LogP contribution < -0.4 is 0 Å². The molecule has 0 aromatic heterocycles. The van der Waals surface area contributed by atoms with Gasteiger partial charge >= 0.3 is 0 Å². The van der Waals surface area contributed by atoms with Crippen molar-refractivity contribution in [3.05, 3.63) is 35.9 Å². The van der Waals surface area contributed by atoms with Crippen molar-refractivity contribution in [1.29, 1.82) is 0 Å². The van der Waals surface area contributed by atoms with E-state index in [4.69, 9.17) is 0 Å². The molecule has 0 heterocycles. The van der Waals surface area contributed by atoms with E-state index in [1.807, 2.05) is 30.1 Å². The largest absolute Gasteiger partial charge is 0.342 e. The fourth-order valence-corrected chi connectivity index (χ4v) is 3.73. The van der Waals surface area contributed by atoms with Gasteiger partial charge < -0.3 is 4.90 Å². The molecule has 1 aromatic carbocycles. The molecule has 0 saturated heterocycles. The number of hydrogen-bond acceptors (Lipinski definition) is 1. The summed E-state index contributed by atoms with van der Waals surface area (Å²) < 4.78 is 0. The number of unbranched alkanes of at least 4 members (excludes halogenated alkanes) is 15. The molecular weight excluding hydrogens is 342 g/mol. The first-order chi connectivity index (χ1) is 13.8. The lowest BCUT2D eigenvalue weighted by Gasteiger charge is -2.16. The van der Waals surface area contributed by atoms with E-state index >= 15 is 0 Å². The molecule has 159 valence electrons. The highest BCUT2D eigenvalue weighted by molar-refractivity contribution is 5.93. The van der Waals surface area contributed by atoms with Crippen LogP contribution in [0.25, 0.3) is 0 Å². The van der Waals surface area contributed by atoms with Gasteiger partial charge in [0.05, 0.1) is 0 Å². The molecule has 1 amide bonds. The molecule has 2 nitrogen and oxygen atoms in total. The maximum atomic E-state index is 12.2. The monoisotopic (exact) mass is 386 g/mol. The van der Waals surface area contributed by atoms with Crippen LogP contribution in [0.5, 0.6) is 0 Å². The van der Waals surface area contributed by atoms with Gasteiger partial charge in [-0.1, -0.05) is 121 Å². The minimum absolute atomic E-state index is 0.0848. The number of hydrogen-bond donors (Lipinski definition) is 0. The van der Waals surface area contributed by atoms with Crippen LogP contribution in [-0.4, -0.2) is 24.4 Å².